The molecule has 0 spiro atoms. The molecule has 0 radical (unpaired) electrons. The monoisotopic (exact) mass is 292 g/mol. The van der Waals surface area contributed by atoms with Crippen LogP contribution < -0.4 is 10.2 Å². The molecule has 1 aliphatic heterocycles. The predicted octanol–water partition coefficient (Wildman–Crippen LogP) is 3.34. The van der Waals surface area contributed by atoms with E-state index >= 15 is 0 Å². The quantitative estimate of drug-likeness (QED) is 0.833. The van der Waals surface area contributed by atoms with Crippen LogP contribution in [-0.2, 0) is 0 Å². The lowest BCUT2D eigenvalue weighted by Gasteiger charge is -2.52. The molecule has 3 nitrogen and oxygen atoms in total. The number of benzene rings is 1. The Labute approximate surface area is 126 Å². The second kappa shape index (κ2) is 5.16. The minimum Gasteiger partial charge on any atom is -0.508 e. The second-order valence-electron chi connectivity index (χ2n) is 7.16. The summed E-state index contributed by atoms with van der Waals surface area (Å²) in [6.45, 7) is 6.78. The van der Waals surface area contributed by atoms with Crippen molar-refractivity contribution in [1.82, 2.24) is 5.32 Å². The molecule has 21 heavy (non-hydrogen) atoms. The first-order valence-electron chi connectivity index (χ1n) is 7.91. The molecule has 1 aromatic rings. The lowest BCUT2D eigenvalue weighted by atomic mass is 9.83. The molecule has 1 heterocycles. The maximum Gasteiger partial charge on any atom is 0.153 e. The minimum absolute atomic E-state index is 0.0310. The molecule has 2 aliphatic rings. The number of hydrogen-bond acceptors (Lipinski definition) is 3. The average molecular weight is 292 g/mol. The molecular weight excluding hydrogens is 267 g/mol. The van der Waals surface area contributed by atoms with Crippen LogP contribution in [0.5, 0.6) is 5.75 Å². The normalized spacial score (nSPS) is 28.3. The van der Waals surface area contributed by atoms with Gasteiger partial charge in [-0.05, 0) is 45.7 Å². The van der Waals surface area contributed by atoms with Gasteiger partial charge in [0, 0.05) is 29.7 Å². The van der Waals surface area contributed by atoms with Crippen LogP contribution in [0.25, 0.3) is 0 Å². The molecule has 0 aromatic heterocycles. The first-order valence-corrected chi connectivity index (χ1v) is 7.91. The fraction of sp³-hybridized carbons (Fsp3) is 0.647. The Morgan fingerprint density at radius 3 is 2.76 bits per heavy atom. The average Bonchev–Trinajstić information content (AvgIpc) is 2.43. The summed E-state index contributed by atoms with van der Waals surface area (Å²) in [5, 5.41) is 13.4. The smallest absolute Gasteiger partial charge is 0.153 e. The van der Waals surface area contributed by atoms with Crippen molar-refractivity contribution in [3.8, 4) is 5.75 Å². The maximum absolute atomic E-state index is 14.6. The molecule has 1 aliphatic carbocycles. The van der Waals surface area contributed by atoms with Gasteiger partial charge in [-0.1, -0.05) is 12.8 Å². The fourth-order valence-electron chi connectivity index (χ4n) is 3.89. The van der Waals surface area contributed by atoms with Crippen molar-refractivity contribution in [3.05, 3.63) is 23.5 Å². The number of phenolic OH excluding ortho intramolecular Hbond substituents is 1. The number of anilines is 1. The van der Waals surface area contributed by atoms with Gasteiger partial charge in [-0.25, -0.2) is 4.39 Å². The zero-order valence-corrected chi connectivity index (χ0v) is 13.1. The maximum atomic E-state index is 14.6. The summed E-state index contributed by atoms with van der Waals surface area (Å²) in [4.78, 5) is 2.22. The molecule has 2 fully saturated rings. The third-order valence-corrected chi connectivity index (χ3v) is 4.92. The summed E-state index contributed by atoms with van der Waals surface area (Å²) < 4.78 is 14.6. The van der Waals surface area contributed by atoms with Crippen LogP contribution in [0.2, 0.25) is 0 Å². The van der Waals surface area contributed by atoms with Crippen LogP contribution in [-0.4, -0.2) is 29.3 Å². The van der Waals surface area contributed by atoms with E-state index in [9.17, 15) is 9.50 Å². The van der Waals surface area contributed by atoms with E-state index in [2.05, 4.69) is 24.1 Å². The van der Waals surface area contributed by atoms with Gasteiger partial charge in [0.1, 0.15) is 5.75 Å². The van der Waals surface area contributed by atoms with E-state index in [0.717, 1.165) is 19.4 Å². The van der Waals surface area contributed by atoms with Gasteiger partial charge in [0.2, 0.25) is 0 Å². The van der Waals surface area contributed by atoms with E-state index in [1.54, 1.807) is 19.1 Å². The zero-order chi connectivity index (χ0) is 15.2. The Hall–Kier alpha value is -1.29. The summed E-state index contributed by atoms with van der Waals surface area (Å²) in [6.07, 6.45) is 4.71. The largest absolute Gasteiger partial charge is 0.508 e. The molecule has 1 saturated carbocycles. The van der Waals surface area contributed by atoms with Crippen molar-refractivity contribution in [2.75, 3.05) is 11.4 Å². The van der Waals surface area contributed by atoms with Crippen molar-refractivity contribution in [2.24, 2.45) is 0 Å². The predicted molar refractivity (Wildman–Crippen MR) is 83.4 cm³/mol. The molecule has 2 N–H and O–H groups in total. The molecule has 3 rings (SSSR count). The van der Waals surface area contributed by atoms with Crippen LogP contribution in [0.15, 0.2) is 12.1 Å². The van der Waals surface area contributed by atoms with E-state index < -0.39 is 0 Å². The minimum atomic E-state index is -0.281. The molecule has 1 saturated heterocycles. The lowest BCUT2D eigenvalue weighted by Crippen LogP contribution is -2.67. The molecule has 0 bridgehead atoms. The van der Waals surface area contributed by atoms with Crippen molar-refractivity contribution in [1.29, 1.82) is 0 Å². The number of fused-ring (bicyclic) bond motifs is 1. The van der Waals surface area contributed by atoms with Crippen molar-refractivity contribution in [2.45, 2.75) is 64.1 Å². The third kappa shape index (κ3) is 2.61. The summed E-state index contributed by atoms with van der Waals surface area (Å²) in [6, 6.07) is 4.12. The Bertz CT molecular complexity index is 544. The highest BCUT2D eigenvalue weighted by atomic mass is 19.1. The Kier molecular flexibility index (Phi) is 3.60. The number of nitrogens with one attached hydrogen (secondary N) is 1. The SMILES string of the molecule is Cc1c(O)ccc(N2CC(C)(C)N[C@H]3CCCC[C@H]32)c1F. The number of piperazine rings is 1. The molecule has 1 aromatic carbocycles. The fourth-order valence-corrected chi connectivity index (χ4v) is 3.89. The summed E-state index contributed by atoms with van der Waals surface area (Å²) in [5.41, 5.74) is 0.949. The number of phenols is 1. The first-order chi connectivity index (χ1) is 9.89. The number of aromatic hydroxyl groups is 1. The van der Waals surface area contributed by atoms with Crippen LogP contribution in [0, 0.1) is 12.7 Å². The van der Waals surface area contributed by atoms with Crippen LogP contribution in [0.1, 0.15) is 45.1 Å². The summed E-state index contributed by atoms with van der Waals surface area (Å²) in [5.74, 6) is -0.247. The highest BCUT2D eigenvalue weighted by Gasteiger charge is 2.41. The van der Waals surface area contributed by atoms with Gasteiger partial charge in [0.15, 0.2) is 5.82 Å². The van der Waals surface area contributed by atoms with Gasteiger partial charge in [-0.3, -0.25) is 0 Å². The lowest BCUT2D eigenvalue weighted by molar-refractivity contribution is 0.198. The highest BCUT2D eigenvalue weighted by molar-refractivity contribution is 5.56. The van der Waals surface area contributed by atoms with Crippen LogP contribution in [0.4, 0.5) is 10.1 Å². The van der Waals surface area contributed by atoms with E-state index in [1.807, 2.05) is 0 Å². The molecule has 0 unspecified atom stereocenters. The molecule has 116 valence electrons. The molecule has 4 heteroatoms. The van der Waals surface area contributed by atoms with E-state index in [-0.39, 0.29) is 17.1 Å². The Balaban J connectivity index is 2.00. The third-order valence-electron chi connectivity index (χ3n) is 4.92. The number of halogens is 1. The van der Waals surface area contributed by atoms with Gasteiger partial charge >= 0.3 is 0 Å². The van der Waals surface area contributed by atoms with Crippen molar-refractivity contribution >= 4 is 5.69 Å². The van der Waals surface area contributed by atoms with E-state index in [4.69, 9.17) is 0 Å². The van der Waals surface area contributed by atoms with Crippen LogP contribution in [0.3, 0.4) is 0 Å². The van der Waals surface area contributed by atoms with Gasteiger partial charge in [-0.2, -0.15) is 0 Å². The highest BCUT2D eigenvalue weighted by Crippen LogP contribution is 2.36. The molecular formula is C17H25FN2O. The van der Waals surface area contributed by atoms with Gasteiger partial charge < -0.3 is 15.3 Å². The standard InChI is InChI=1S/C17H25FN2O/c1-11-15(21)9-8-14(16(11)18)20-10-17(2,3)19-12-6-4-5-7-13(12)20/h8-9,12-13,19,21H,4-7,10H2,1-3H3/t12-,13+/m0/s1. The van der Waals surface area contributed by atoms with Gasteiger partial charge in [0.25, 0.3) is 0 Å². The molecule has 0 amide bonds. The number of hydrogen-bond donors (Lipinski definition) is 2. The van der Waals surface area contributed by atoms with E-state index in [0.29, 0.717) is 23.3 Å². The number of nitrogens with zero attached hydrogens (tertiary/aromatic N) is 1. The first kappa shape index (κ1) is 14.6. The van der Waals surface area contributed by atoms with Crippen molar-refractivity contribution in [3.63, 3.8) is 0 Å². The number of rotatable bonds is 1. The topological polar surface area (TPSA) is 35.5 Å². The Morgan fingerprint density at radius 1 is 1.29 bits per heavy atom. The second-order valence-corrected chi connectivity index (χ2v) is 7.16. The van der Waals surface area contributed by atoms with E-state index in [1.165, 1.54) is 12.8 Å². The van der Waals surface area contributed by atoms with Crippen molar-refractivity contribution < 1.29 is 9.50 Å². The summed E-state index contributed by atoms with van der Waals surface area (Å²) in [7, 11) is 0. The van der Waals surface area contributed by atoms with Crippen LogP contribution >= 0.6 is 0 Å². The van der Waals surface area contributed by atoms with Gasteiger partial charge in [-0.15, -0.1) is 0 Å². The van der Waals surface area contributed by atoms with Gasteiger partial charge in [0.05, 0.1) is 5.69 Å². The summed E-state index contributed by atoms with van der Waals surface area (Å²) >= 11 is 0. The molecule has 2 atom stereocenters. The zero-order valence-electron chi connectivity index (χ0n) is 13.1. The Morgan fingerprint density at radius 2 is 2.00 bits per heavy atom.